The van der Waals surface area contributed by atoms with E-state index >= 15 is 0 Å². The topological polar surface area (TPSA) is 94.5 Å². The van der Waals surface area contributed by atoms with Crippen molar-refractivity contribution in [2.45, 2.75) is 6.92 Å². The highest BCUT2D eigenvalue weighted by Crippen LogP contribution is 2.27. The highest BCUT2D eigenvalue weighted by molar-refractivity contribution is 6.39. The Morgan fingerprint density at radius 1 is 1.19 bits per heavy atom. The minimum Gasteiger partial charge on any atom is -0.452 e. The number of ether oxygens (including phenoxy) is 1. The summed E-state index contributed by atoms with van der Waals surface area (Å²) in [6.45, 7) is 1.55. The Bertz CT molecular complexity index is 1310. The predicted molar refractivity (Wildman–Crippen MR) is 136 cm³/mol. The molecule has 0 atom stereocenters. The summed E-state index contributed by atoms with van der Waals surface area (Å²) in [5.41, 5.74) is 1.26. The van der Waals surface area contributed by atoms with Gasteiger partial charge in [-0.3, -0.25) is 14.5 Å². The first kappa shape index (κ1) is 26.1. The van der Waals surface area contributed by atoms with Gasteiger partial charge in [0.15, 0.2) is 17.3 Å². The molecule has 1 aliphatic rings. The average molecular weight is 511 g/mol. The van der Waals surface area contributed by atoms with Crippen LogP contribution < -0.4 is 20.3 Å². The van der Waals surface area contributed by atoms with Crippen LogP contribution in [0.25, 0.3) is 0 Å². The van der Waals surface area contributed by atoms with Crippen molar-refractivity contribution >= 4 is 41.5 Å². The molecule has 0 aromatic heterocycles. The van der Waals surface area contributed by atoms with Crippen molar-refractivity contribution in [2.75, 3.05) is 10.2 Å². The van der Waals surface area contributed by atoms with E-state index in [1.54, 1.807) is 25.3 Å². The van der Waals surface area contributed by atoms with E-state index in [0.717, 1.165) is 12.3 Å². The fourth-order valence-corrected chi connectivity index (χ4v) is 3.07. The third-order valence-corrected chi connectivity index (χ3v) is 5.08. The van der Waals surface area contributed by atoms with E-state index in [2.05, 4.69) is 10.6 Å². The number of hydrogen-bond acceptors (Lipinski definition) is 5. The maximum absolute atomic E-state index is 14.7. The second-order valence-corrected chi connectivity index (χ2v) is 7.69. The highest BCUT2D eigenvalue weighted by Gasteiger charge is 2.16. The minimum absolute atomic E-state index is 0.0835. The summed E-state index contributed by atoms with van der Waals surface area (Å²) >= 11 is 5.99. The van der Waals surface area contributed by atoms with Gasteiger partial charge in [-0.2, -0.15) is 0 Å². The second-order valence-electron chi connectivity index (χ2n) is 7.28. The molecule has 184 valence electrons. The number of amides is 2. The molecular weight excluding hydrogens is 490 g/mol. The van der Waals surface area contributed by atoms with Crippen molar-refractivity contribution in [2.24, 2.45) is 0 Å². The standard InChI is InChI=1S/C26H21ClF2N4O3/c1-17(4-3-13-33(16-34)20-9-6-18(28)7-10-20)26(35)32-19-8-11-23(22(29)14-19)36-24-5-2-12-31-25(24)21(27)15-30/h2-16,30-31H,1H3,(H,32,35)/b13-3-,17-4+,25-21+,30-15?. The molecule has 0 unspecified atom stereocenters. The van der Waals surface area contributed by atoms with E-state index in [9.17, 15) is 18.4 Å². The molecule has 3 rings (SSSR count). The lowest BCUT2D eigenvalue weighted by atomic mass is 10.2. The van der Waals surface area contributed by atoms with Crippen LogP contribution in [-0.4, -0.2) is 18.5 Å². The van der Waals surface area contributed by atoms with Crippen molar-refractivity contribution in [1.29, 1.82) is 5.41 Å². The molecule has 0 aliphatic carbocycles. The third kappa shape index (κ3) is 6.77. The number of nitrogens with zero attached hydrogens (tertiary/aromatic N) is 1. The van der Waals surface area contributed by atoms with Crippen LogP contribution >= 0.6 is 11.6 Å². The second kappa shape index (κ2) is 12.3. The molecule has 0 saturated heterocycles. The Morgan fingerprint density at radius 2 is 1.94 bits per heavy atom. The zero-order chi connectivity index (χ0) is 26.1. The van der Waals surface area contributed by atoms with E-state index in [-0.39, 0.29) is 22.2 Å². The van der Waals surface area contributed by atoms with Crippen LogP contribution in [0.2, 0.25) is 0 Å². The molecule has 10 heteroatoms. The minimum atomic E-state index is -0.726. The number of anilines is 2. The lowest BCUT2D eigenvalue weighted by molar-refractivity contribution is -0.112. The summed E-state index contributed by atoms with van der Waals surface area (Å²) in [6.07, 6.45) is 10.6. The molecule has 3 N–H and O–H groups in total. The zero-order valence-corrected chi connectivity index (χ0v) is 19.7. The van der Waals surface area contributed by atoms with E-state index in [1.807, 2.05) is 0 Å². The highest BCUT2D eigenvalue weighted by atomic mass is 35.5. The lowest BCUT2D eigenvalue weighted by Crippen LogP contribution is -2.17. The van der Waals surface area contributed by atoms with Gasteiger partial charge in [0.25, 0.3) is 5.91 Å². The van der Waals surface area contributed by atoms with Crippen LogP contribution in [0.1, 0.15) is 6.92 Å². The number of hydrogen-bond donors (Lipinski definition) is 3. The van der Waals surface area contributed by atoms with Crippen LogP contribution in [0, 0.1) is 17.0 Å². The number of carbonyl (C=O) groups excluding carboxylic acids is 2. The van der Waals surface area contributed by atoms with Crippen LogP contribution in [0.3, 0.4) is 0 Å². The third-order valence-electron chi connectivity index (χ3n) is 4.78. The van der Waals surface area contributed by atoms with E-state index in [0.29, 0.717) is 23.4 Å². The van der Waals surface area contributed by atoms with Crippen LogP contribution in [0.15, 0.2) is 101 Å². The maximum Gasteiger partial charge on any atom is 0.251 e. The Kier molecular flexibility index (Phi) is 8.90. The number of rotatable bonds is 9. The Labute approximate surface area is 211 Å². The van der Waals surface area contributed by atoms with Gasteiger partial charge < -0.3 is 20.8 Å². The zero-order valence-electron chi connectivity index (χ0n) is 19.0. The fraction of sp³-hybridized carbons (Fsp3) is 0.0385. The Balaban J connectivity index is 1.66. The molecular formula is C26H21ClF2N4O3. The molecule has 2 aromatic rings. The molecule has 0 fully saturated rings. The van der Waals surface area contributed by atoms with Gasteiger partial charge in [0.2, 0.25) is 6.41 Å². The van der Waals surface area contributed by atoms with Crippen molar-refractivity contribution in [3.63, 3.8) is 0 Å². The Hall–Kier alpha value is -4.50. The first-order valence-corrected chi connectivity index (χ1v) is 10.9. The van der Waals surface area contributed by atoms with Crippen LogP contribution in [0.5, 0.6) is 5.75 Å². The van der Waals surface area contributed by atoms with Gasteiger partial charge in [-0.05, 0) is 61.5 Å². The quantitative estimate of drug-likeness (QED) is 0.179. The lowest BCUT2D eigenvalue weighted by Gasteiger charge is -2.17. The fourth-order valence-electron chi connectivity index (χ4n) is 2.93. The molecule has 0 bridgehead atoms. The van der Waals surface area contributed by atoms with Gasteiger partial charge in [-0.25, -0.2) is 8.78 Å². The van der Waals surface area contributed by atoms with E-state index in [4.69, 9.17) is 21.7 Å². The molecule has 1 aliphatic heterocycles. The summed E-state index contributed by atoms with van der Waals surface area (Å²) < 4.78 is 33.3. The van der Waals surface area contributed by atoms with E-state index < -0.39 is 17.5 Å². The van der Waals surface area contributed by atoms with Crippen molar-refractivity contribution in [3.8, 4) is 5.75 Å². The molecule has 0 radical (unpaired) electrons. The summed E-state index contributed by atoms with van der Waals surface area (Å²) in [5.74, 6) is -1.52. The monoisotopic (exact) mass is 510 g/mol. The molecule has 2 amide bonds. The summed E-state index contributed by atoms with van der Waals surface area (Å²) in [4.78, 5) is 25.0. The molecule has 7 nitrogen and oxygen atoms in total. The largest absolute Gasteiger partial charge is 0.452 e. The van der Waals surface area contributed by atoms with Crippen molar-refractivity contribution in [1.82, 2.24) is 5.32 Å². The van der Waals surface area contributed by atoms with Gasteiger partial charge in [-0.1, -0.05) is 17.7 Å². The molecule has 1 heterocycles. The van der Waals surface area contributed by atoms with Gasteiger partial charge in [0, 0.05) is 41.6 Å². The first-order chi connectivity index (χ1) is 17.3. The number of halogens is 3. The van der Waals surface area contributed by atoms with Crippen LogP contribution in [0.4, 0.5) is 20.2 Å². The number of allylic oxidation sites excluding steroid dienone is 5. The van der Waals surface area contributed by atoms with Crippen molar-refractivity contribution in [3.05, 3.63) is 113 Å². The average Bonchev–Trinajstić information content (AvgIpc) is 2.88. The predicted octanol–water partition coefficient (Wildman–Crippen LogP) is 5.51. The summed E-state index contributed by atoms with van der Waals surface area (Å²) in [6, 6.07) is 9.26. The van der Waals surface area contributed by atoms with Gasteiger partial charge in [-0.15, -0.1) is 0 Å². The smallest absolute Gasteiger partial charge is 0.251 e. The molecule has 0 saturated carbocycles. The van der Waals surface area contributed by atoms with Crippen molar-refractivity contribution < 1.29 is 23.1 Å². The number of nitrogens with one attached hydrogen (secondary N) is 3. The molecule has 0 spiro atoms. The van der Waals surface area contributed by atoms with Gasteiger partial charge in [0.05, 0.1) is 5.03 Å². The van der Waals surface area contributed by atoms with Gasteiger partial charge >= 0.3 is 0 Å². The molecule has 36 heavy (non-hydrogen) atoms. The normalized spacial score (nSPS) is 14.6. The molecule has 2 aromatic carbocycles. The van der Waals surface area contributed by atoms with Crippen LogP contribution in [-0.2, 0) is 9.59 Å². The maximum atomic E-state index is 14.7. The summed E-state index contributed by atoms with van der Waals surface area (Å²) in [7, 11) is 0. The number of carbonyl (C=O) groups is 2. The van der Waals surface area contributed by atoms with Gasteiger partial charge in [0.1, 0.15) is 11.5 Å². The number of benzene rings is 2. The SMILES string of the molecule is C/C(=C\C=C/N(C=O)c1ccc(F)cc1)C(=O)Nc1ccc(OC2=CC=CN/C2=C(/Cl)C=N)c(F)c1. The first-order valence-electron chi connectivity index (χ1n) is 10.5. The Morgan fingerprint density at radius 3 is 2.61 bits per heavy atom. The summed E-state index contributed by atoms with van der Waals surface area (Å²) in [5, 5.41) is 12.8. The number of dihydropyridines is 1. The van der Waals surface area contributed by atoms with E-state index in [1.165, 1.54) is 59.7 Å².